The third-order valence-electron chi connectivity index (χ3n) is 4.76. The Kier molecular flexibility index (Phi) is 3.93. The standard InChI is InChI=1S/C18H20N6O/c1-22-9-10-24(12-16(22)17-19-7-8-23(17)2)18(25)15-11-20-13-5-3-4-6-14(13)21-15/h3-8,11,16H,9-10,12H2,1-2H3. The Bertz CT molecular complexity index is 921. The molecule has 0 aliphatic carbocycles. The van der Waals surface area contributed by atoms with E-state index in [1.807, 2.05) is 47.0 Å². The third-order valence-corrected chi connectivity index (χ3v) is 4.76. The highest BCUT2D eigenvalue weighted by Crippen LogP contribution is 2.23. The number of amides is 1. The third kappa shape index (κ3) is 2.87. The van der Waals surface area contributed by atoms with Crippen molar-refractivity contribution in [2.45, 2.75) is 6.04 Å². The molecule has 3 heterocycles. The van der Waals surface area contributed by atoms with Crippen LogP contribution in [0.5, 0.6) is 0 Å². The van der Waals surface area contributed by atoms with E-state index in [0.717, 1.165) is 23.4 Å². The van der Waals surface area contributed by atoms with Crippen LogP contribution < -0.4 is 0 Å². The van der Waals surface area contributed by atoms with Gasteiger partial charge in [0.15, 0.2) is 0 Å². The van der Waals surface area contributed by atoms with Gasteiger partial charge in [0.2, 0.25) is 0 Å². The zero-order valence-electron chi connectivity index (χ0n) is 14.3. The molecule has 1 unspecified atom stereocenters. The molecule has 4 rings (SSSR count). The first-order chi connectivity index (χ1) is 12.1. The zero-order chi connectivity index (χ0) is 17.4. The van der Waals surface area contributed by atoms with Gasteiger partial charge in [0.1, 0.15) is 11.5 Å². The van der Waals surface area contributed by atoms with E-state index in [1.165, 1.54) is 0 Å². The lowest BCUT2D eigenvalue weighted by molar-refractivity contribution is 0.0523. The Balaban J connectivity index is 1.60. The molecular weight excluding hydrogens is 316 g/mol. The van der Waals surface area contributed by atoms with Gasteiger partial charge in [-0.1, -0.05) is 12.1 Å². The van der Waals surface area contributed by atoms with Crippen molar-refractivity contribution in [2.24, 2.45) is 7.05 Å². The second-order valence-electron chi connectivity index (χ2n) is 6.39. The lowest BCUT2D eigenvalue weighted by Crippen LogP contribution is -2.49. The molecule has 128 valence electrons. The number of carbonyl (C=O) groups excluding carboxylic acids is 1. The van der Waals surface area contributed by atoms with E-state index in [9.17, 15) is 4.79 Å². The summed E-state index contributed by atoms with van der Waals surface area (Å²) in [6.07, 6.45) is 5.29. The number of rotatable bonds is 2. The van der Waals surface area contributed by atoms with Crippen LogP contribution in [-0.4, -0.2) is 61.9 Å². The summed E-state index contributed by atoms with van der Waals surface area (Å²) >= 11 is 0. The second kappa shape index (κ2) is 6.25. The molecule has 7 heteroatoms. The number of imidazole rings is 1. The highest BCUT2D eigenvalue weighted by atomic mass is 16.2. The first-order valence-electron chi connectivity index (χ1n) is 8.32. The van der Waals surface area contributed by atoms with Crippen LogP contribution in [0, 0.1) is 0 Å². The lowest BCUT2D eigenvalue weighted by atomic mass is 10.1. The van der Waals surface area contributed by atoms with Crippen molar-refractivity contribution in [3.8, 4) is 0 Å². The predicted molar refractivity (Wildman–Crippen MR) is 94.0 cm³/mol. The maximum atomic E-state index is 12.9. The van der Waals surface area contributed by atoms with E-state index < -0.39 is 0 Å². The van der Waals surface area contributed by atoms with Crippen LogP contribution in [0.4, 0.5) is 0 Å². The Morgan fingerprint density at radius 1 is 1.12 bits per heavy atom. The molecule has 0 radical (unpaired) electrons. The summed E-state index contributed by atoms with van der Waals surface area (Å²) in [6, 6.07) is 7.66. The minimum atomic E-state index is -0.0782. The lowest BCUT2D eigenvalue weighted by Gasteiger charge is -2.38. The number of fused-ring (bicyclic) bond motifs is 1. The van der Waals surface area contributed by atoms with Crippen molar-refractivity contribution in [1.82, 2.24) is 29.3 Å². The molecule has 0 bridgehead atoms. The average molecular weight is 336 g/mol. The Hall–Kier alpha value is -2.80. The number of aromatic nitrogens is 4. The number of likely N-dealkylation sites (N-methyl/N-ethyl adjacent to an activating group) is 1. The first-order valence-corrected chi connectivity index (χ1v) is 8.32. The van der Waals surface area contributed by atoms with Crippen molar-refractivity contribution >= 4 is 16.9 Å². The minimum Gasteiger partial charge on any atom is -0.337 e. The van der Waals surface area contributed by atoms with Gasteiger partial charge in [-0.3, -0.25) is 14.7 Å². The van der Waals surface area contributed by atoms with E-state index in [1.54, 1.807) is 12.4 Å². The van der Waals surface area contributed by atoms with E-state index >= 15 is 0 Å². The molecule has 3 aromatic rings. The minimum absolute atomic E-state index is 0.0751. The topological polar surface area (TPSA) is 67.2 Å². The smallest absolute Gasteiger partial charge is 0.274 e. The Labute approximate surface area is 145 Å². The van der Waals surface area contributed by atoms with Crippen LogP contribution in [-0.2, 0) is 7.05 Å². The van der Waals surface area contributed by atoms with Gasteiger partial charge < -0.3 is 9.47 Å². The zero-order valence-corrected chi connectivity index (χ0v) is 14.3. The maximum absolute atomic E-state index is 12.9. The summed E-state index contributed by atoms with van der Waals surface area (Å²) in [5.74, 6) is 0.884. The molecule has 7 nitrogen and oxygen atoms in total. The molecule has 1 aromatic carbocycles. The molecule has 25 heavy (non-hydrogen) atoms. The number of aryl methyl sites for hydroxylation is 1. The van der Waals surface area contributed by atoms with Crippen LogP contribution >= 0.6 is 0 Å². The fourth-order valence-electron chi connectivity index (χ4n) is 3.26. The van der Waals surface area contributed by atoms with Gasteiger partial charge in [-0.15, -0.1) is 0 Å². The molecular formula is C18H20N6O. The maximum Gasteiger partial charge on any atom is 0.274 e. The summed E-state index contributed by atoms with van der Waals surface area (Å²) in [5, 5.41) is 0. The molecule has 1 amide bonds. The van der Waals surface area contributed by atoms with E-state index in [2.05, 4.69) is 26.9 Å². The molecule has 1 fully saturated rings. The number of benzene rings is 1. The monoisotopic (exact) mass is 336 g/mol. The van der Waals surface area contributed by atoms with Crippen LogP contribution in [0.2, 0.25) is 0 Å². The molecule has 0 N–H and O–H groups in total. The number of carbonyl (C=O) groups is 1. The van der Waals surface area contributed by atoms with Gasteiger partial charge in [0.05, 0.1) is 23.3 Å². The number of hydrogen-bond acceptors (Lipinski definition) is 5. The van der Waals surface area contributed by atoms with Gasteiger partial charge in [-0.2, -0.15) is 0 Å². The largest absolute Gasteiger partial charge is 0.337 e. The molecule has 1 aliphatic heterocycles. The van der Waals surface area contributed by atoms with Crippen LogP contribution in [0.1, 0.15) is 22.4 Å². The molecule has 2 aromatic heterocycles. The fourth-order valence-corrected chi connectivity index (χ4v) is 3.26. The van der Waals surface area contributed by atoms with Crippen molar-refractivity contribution in [3.63, 3.8) is 0 Å². The fraction of sp³-hybridized carbons (Fsp3) is 0.333. The van der Waals surface area contributed by atoms with Crippen molar-refractivity contribution in [1.29, 1.82) is 0 Å². The van der Waals surface area contributed by atoms with Crippen LogP contribution in [0.15, 0.2) is 42.9 Å². The van der Waals surface area contributed by atoms with Gasteiger partial charge in [-0.05, 0) is 19.2 Å². The second-order valence-corrected chi connectivity index (χ2v) is 6.39. The van der Waals surface area contributed by atoms with E-state index in [0.29, 0.717) is 18.8 Å². The van der Waals surface area contributed by atoms with Crippen molar-refractivity contribution in [3.05, 3.63) is 54.4 Å². The van der Waals surface area contributed by atoms with E-state index in [-0.39, 0.29) is 11.9 Å². The summed E-state index contributed by atoms with van der Waals surface area (Å²) < 4.78 is 2.00. The van der Waals surface area contributed by atoms with Crippen LogP contribution in [0.25, 0.3) is 11.0 Å². The van der Waals surface area contributed by atoms with Crippen molar-refractivity contribution < 1.29 is 4.79 Å². The molecule has 1 aliphatic rings. The Morgan fingerprint density at radius 3 is 2.68 bits per heavy atom. The SMILES string of the molecule is CN1CCN(C(=O)c2cnc3ccccc3n2)CC1c1nccn1C. The highest BCUT2D eigenvalue weighted by Gasteiger charge is 2.31. The molecule has 0 saturated carbocycles. The Morgan fingerprint density at radius 2 is 1.92 bits per heavy atom. The van der Waals surface area contributed by atoms with Gasteiger partial charge >= 0.3 is 0 Å². The van der Waals surface area contributed by atoms with Crippen LogP contribution in [0.3, 0.4) is 0 Å². The van der Waals surface area contributed by atoms with E-state index in [4.69, 9.17) is 0 Å². The predicted octanol–water partition coefficient (Wildman–Crippen LogP) is 1.49. The quantitative estimate of drug-likeness (QED) is 0.709. The van der Waals surface area contributed by atoms with Gasteiger partial charge in [0, 0.05) is 39.1 Å². The molecule has 1 saturated heterocycles. The normalized spacial score (nSPS) is 18.6. The van der Waals surface area contributed by atoms with Crippen molar-refractivity contribution in [2.75, 3.05) is 26.7 Å². The number of nitrogens with zero attached hydrogens (tertiary/aromatic N) is 6. The van der Waals surface area contributed by atoms with Gasteiger partial charge in [0.25, 0.3) is 5.91 Å². The molecule has 0 spiro atoms. The summed E-state index contributed by atoms with van der Waals surface area (Å²) in [6.45, 7) is 2.06. The highest BCUT2D eigenvalue weighted by molar-refractivity contribution is 5.93. The summed E-state index contributed by atoms with van der Waals surface area (Å²) in [5.41, 5.74) is 1.92. The summed E-state index contributed by atoms with van der Waals surface area (Å²) in [4.78, 5) is 30.3. The summed E-state index contributed by atoms with van der Waals surface area (Å²) in [7, 11) is 4.04. The number of para-hydroxylation sites is 2. The first kappa shape index (κ1) is 15.7. The average Bonchev–Trinajstić information content (AvgIpc) is 3.07. The number of piperazine rings is 1. The van der Waals surface area contributed by atoms with Gasteiger partial charge in [-0.25, -0.2) is 9.97 Å². The molecule has 1 atom stereocenters. The number of hydrogen-bond donors (Lipinski definition) is 0.